The third-order valence-corrected chi connectivity index (χ3v) is 7.46. The van der Waals surface area contributed by atoms with Crippen molar-refractivity contribution in [3.8, 4) is 0 Å². The van der Waals surface area contributed by atoms with E-state index in [1.807, 2.05) is 34.6 Å². The maximum absolute atomic E-state index is 13.2. The number of rotatable bonds is 3. The molecule has 128 valence electrons. The summed E-state index contributed by atoms with van der Waals surface area (Å²) < 4.78 is 27.8. The fourth-order valence-electron chi connectivity index (χ4n) is 3.37. The number of benzene rings is 1. The Morgan fingerprint density at radius 2 is 1.48 bits per heavy atom. The molecule has 1 aromatic rings. The molecule has 1 aromatic carbocycles. The number of carbonyl (C=O) groups excluding carboxylic acids is 1. The van der Waals surface area contributed by atoms with E-state index in [4.69, 9.17) is 5.73 Å². The Kier molecular flexibility index (Phi) is 4.87. The molecule has 0 spiro atoms. The highest BCUT2D eigenvalue weighted by atomic mass is 32.2. The maximum atomic E-state index is 13.2. The summed E-state index contributed by atoms with van der Waals surface area (Å²) >= 11 is 0. The van der Waals surface area contributed by atoms with Crippen LogP contribution in [0.25, 0.3) is 0 Å². The lowest BCUT2D eigenvalue weighted by Crippen LogP contribution is -2.44. The Balaban J connectivity index is 2.55. The van der Waals surface area contributed by atoms with E-state index < -0.39 is 21.8 Å². The van der Waals surface area contributed by atoms with Crippen LogP contribution in [0.3, 0.4) is 0 Å². The van der Waals surface area contributed by atoms with E-state index in [2.05, 4.69) is 0 Å². The zero-order valence-electron chi connectivity index (χ0n) is 14.6. The van der Waals surface area contributed by atoms with E-state index in [1.165, 1.54) is 4.31 Å². The fraction of sp³-hybridized carbons (Fsp3) is 0.588. The van der Waals surface area contributed by atoms with Crippen molar-refractivity contribution in [2.24, 2.45) is 11.7 Å². The number of primary amides is 1. The van der Waals surface area contributed by atoms with Crippen LogP contribution in [0.15, 0.2) is 4.90 Å². The summed E-state index contributed by atoms with van der Waals surface area (Å²) in [4.78, 5) is 11.8. The highest BCUT2D eigenvalue weighted by Crippen LogP contribution is 2.33. The van der Waals surface area contributed by atoms with Crippen LogP contribution in [0.4, 0.5) is 0 Å². The quantitative estimate of drug-likeness (QED) is 0.916. The van der Waals surface area contributed by atoms with Gasteiger partial charge in [0, 0.05) is 13.1 Å². The van der Waals surface area contributed by atoms with Gasteiger partial charge in [-0.15, -0.1) is 0 Å². The third-order valence-electron chi connectivity index (χ3n) is 5.32. The van der Waals surface area contributed by atoms with Crippen molar-refractivity contribution in [3.63, 3.8) is 0 Å². The lowest BCUT2D eigenvalue weighted by atomic mass is 9.95. The highest BCUT2D eigenvalue weighted by Gasteiger charge is 2.35. The van der Waals surface area contributed by atoms with E-state index >= 15 is 0 Å². The minimum absolute atomic E-state index is 0.183. The van der Waals surface area contributed by atoms with Gasteiger partial charge in [0.05, 0.1) is 10.8 Å². The van der Waals surface area contributed by atoms with Crippen LogP contribution in [0.2, 0.25) is 0 Å². The number of piperidine rings is 1. The summed E-state index contributed by atoms with van der Waals surface area (Å²) in [7, 11) is -3.63. The van der Waals surface area contributed by atoms with Crippen molar-refractivity contribution in [1.82, 2.24) is 4.31 Å². The standard InChI is InChI=1S/C17H26N2O3S/c1-10-11(2)13(4)16(14(5)12(10)3)23(21,22)19-8-6-7-15(9-19)17(18)20/h15H,6-9H2,1-5H3,(H2,18,20)/t15-/m0/s1. The van der Waals surface area contributed by atoms with E-state index in [-0.39, 0.29) is 6.54 Å². The van der Waals surface area contributed by atoms with Gasteiger partial charge in [-0.2, -0.15) is 4.31 Å². The van der Waals surface area contributed by atoms with Crippen LogP contribution in [-0.4, -0.2) is 31.7 Å². The van der Waals surface area contributed by atoms with Gasteiger partial charge in [0.25, 0.3) is 0 Å². The second-order valence-corrected chi connectivity index (χ2v) is 8.43. The number of sulfonamides is 1. The van der Waals surface area contributed by atoms with Gasteiger partial charge in [0.1, 0.15) is 0 Å². The van der Waals surface area contributed by atoms with Gasteiger partial charge >= 0.3 is 0 Å². The van der Waals surface area contributed by atoms with Crippen LogP contribution in [-0.2, 0) is 14.8 Å². The first-order valence-corrected chi connectivity index (χ1v) is 9.39. The first-order chi connectivity index (χ1) is 10.6. The normalized spacial score (nSPS) is 19.8. The van der Waals surface area contributed by atoms with Crippen molar-refractivity contribution in [2.75, 3.05) is 13.1 Å². The fourth-order valence-corrected chi connectivity index (χ4v) is 5.46. The summed E-state index contributed by atoms with van der Waals surface area (Å²) in [6, 6.07) is 0. The second kappa shape index (κ2) is 6.24. The lowest BCUT2D eigenvalue weighted by molar-refractivity contribution is -0.122. The van der Waals surface area contributed by atoms with Crippen molar-refractivity contribution in [1.29, 1.82) is 0 Å². The molecule has 0 aliphatic carbocycles. The predicted octanol–water partition coefficient (Wildman–Crippen LogP) is 2.11. The van der Waals surface area contributed by atoms with E-state index in [0.29, 0.717) is 24.3 Å². The molecule has 1 aliphatic rings. The molecular weight excluding hydrogens is 312 g/mol. The molecule has 1 aliphatic heterocycles. The van der Waals surface area contributed by atoms with E-state index in [0.717, 1.165) is 27.8 Å². The summed E-state index contributed by atoms with van der Waals surface area (Å²) in [6.07, 6.45) is 1.32. The Morgan fingerprint density at radius 3 is 1.96 bits per heavy atom. The number of hydrogen-bond donors (Lipinski definition) is 1. The molecule has 1 heterocycles. The first kappa shape index (κ1) is 17.9. The number of carbonyl (C=O) groups is 1. The minimum Gasteiger partial charge on any atom is -0.369 e. The SMILES string of the molecule is Cc1c(C)c(C)c(S(=O)(=O)N2CCC[C@H](C(N)=O)C2)c(C)c1C. The van der Waals surface area contributed by atoms with Crippen LogP contribution in [0, 0.1) is 40.5 Å². The van der Waals surface area contributed by atoms with Crippen LogP contribution < -0.4 is 5.73 Å². The zero-order chi connectivity index (χ0) is 17.5. The largest absolute Gasteiger partial charge is 0.369 e. The van der Waals surface area contributed by atoms with E-state index in [1.54, 1.807) is 0 Å². The summed E-state index contributed by atoms with van der Waals surface area (Å²) in [5.74, 6) is -0.818. The van der Waals surface area contributed by atoms with Crippen molar-refractivity contribution >= 4 is 15.9 Å². The van der Waals surface area contributed by atoms with Gasteiger partial charge in [0.2, 0.25) is 15.9 Å². The summed E-state index contributed by atoms with van der Waals surface area (Å²) in [6.45, 7) is 10.3. The van der Waals surface area contributed by atoms with Gasteiger partial charge in [0.15, 0.2) is 0 Å². The van der Waals surface area contributed by atoms with Crippen LogP contribution >= 0.6 is 0 Å². The topological polar surface area (TPSA) is 80.5 Å². The first-order valence-electron chi connectivity index (χ1n) is 7.95. The number of hydrogen-bond acceptors (Lipinski definition) is 3. The van der Waals surface area contributed by atoms with Gasteiger partial charge in [-0.25, -0.2) is 8.42 Å². The molecule has 0 radical (unpaired) electrons. The second-order valence-electron chi connectivity index (χ2n) is 6.56. The Morgan fingerprint density at radius 1 is 1.00 bits per heavy atom. The minimum atomic E-state index is -3.63. The number of nitrogens with zero attached hydrogens (tertiary/aromatic N) is 1. The Labute approximate surface area is 138 Å². The van der Waals surface area contributed by atoms with Crippen LogP contribution in [0.1, 0.15) is 40.7 Å². The summed E-state index contributed by atoms with van der Waals surface area (Å²) in [5, 5.41) is 0. The molecule has 1 fully saturated rings. The smallest absolute Gasteiger partial charge is 0.243 e. The molecule has 2 rings (SSSR count). The average molecular weight is 338 g/mol. The molecule has 0 aromatic heterocycles. The number of amides is 1. The molecule has 2 N–H and O–H groups in total. The molecule has 5 nitrogen and oxygen atoms in total. The molecule has 0 unspecified atom stereocenters. The molecular formula is C17H26N2O3S. The molecule has 1 saturated heterocycles. The predicted molar refractivity (Wildman–Crippen MR) is 90.8 cm³/mol. The molecule has 6 heteroatoms. The maximum Gasteiger partial charge on any atom is 0.243 e. The summed E-state index contributed by atoms with van der Waals surface area (Å²) in [5.41, 5.74) is 10.1. The van der Waals surface area contributed by atoms with Gasteiger partial charge < -0.3 is 5.73 Å². The molecule has 0 saturated carbocycles. The molecule has 1 atom stereocenters. The Hall–Kier alpha value is -1.40. The molecule has 23 heavy (non-hydrogen) atoms. The third kappa shape index (κ3) is 3.02. The number of nitrogens with two attached hydrogens (primary N) is 1. The zero-order valence-corrected chi connectivity index (χ0v) is 15.4. The van der Waals surface area contributed by atoms with Gasteiger partial charge in [-0.3, -0.25) is 4.79 Å². The Bertz CT molecular complexity index is 725. The highest BCUT2D eigenvalue weighted by molar-refractivity contribution is 7.89. The van der Waals surface area contributed by atoms with Crippen LogP contribution in [0.5, 0.6) is 0 Å². The van der Waals surface area contributed by atoms with Crippen molar-refractivity contribution in [2.45, 2.75) is 52.4 Å². The van der Waals surface area contributed by atoms with Gasteiger partial charge in [-0.1, -0.05) is 0 Å². The van der Waals surface area contributed by atoms with Crippen molar-refractivity contribution in [3.05, 3.63) is 27.8 Å². The monoisotopic (exact) mass is 338 g/mol. The molecule has 1 amide bonds. The average Bonchev–Trinajstić information content (AvgIpc) is 2.51. The van der Waals surface area contributed by atoms with E-state index in [9.17, 15) is 13.2 Å². The van der Waals surface area contributed by atoms with Crippen molar-refractivity contribution < 1.29 is 13.2 Å². The van der Waals surface area contributed by atoms with Gasteiger partial charge in [-0.05, 0) is 75.3 Å². The lowest BCUT2D eigenvalue weighted by Gasteiger charge is -2.32. The molecule has 0 bridgehead atoms.